The van der Waals surface area contributed by atoms with E-state index in [0.717, 1.165) is 10.4 Å². The van der Waals surface area contributed by atoms with Gasteiger partial charge in [0, 0.05) is 36.1 Å². The van der Waals surface area contributed by atoms with Gasteiger partial charge in [0.15, 0.2) is 11.5 Å². The molecule has 0 atom stereocenters. The second kappa shape index (κ2) is 13.2. The maximum Gasteiger partial charge on any atom is 0.242 e. The van der Waals surface area contributed by atoms with Gasteiger partial charge >= 0.3 is 0 Å². The number of hydrogen-bond acceptors (Lipinski definition) is 8. The van der Waals surface area contributed by atoms with Crippen molar-refractivity contribution in [3.05, 3.63) is 64.4 Å². The molecule has 12 heteroatoms. The van der Waals surface area contributed by atoms with E-state index >= 15 is 0 Å². The first-order valence-corrected chi connectivity index (χ1v) is 15.3. The predicted octanol–water partition coefficient (Wildman–Crippen LogP) is 3.17. The molecule has 0 radical (unpaired) electrons. The number of sulfonamides is 1. The fraction of sp³-hybridized carbons (Fsp3) is 0.357. The second-order valence-corrected chi connectivity index (χ2v) is 12.3. The Kier molecular flexibility index (Phi) is 9.67. The zero-order chi connectivity index (χ0) is 28.7. The van der Waals surface area contributed by atoms with Gasteiger partial charge in [0.1, 0.15) is 4.90 Å². The van der Waals surface area contributed by atoms with Crippen molar-refractivity contribution in [2.75, 3.05) is 44.1 Å². The van der Waals surface area contributed by atoms with E-state index in [2.05, 4.69) is 10.0 Å². The number of ether oxygens (including phenoxy) is 2. The van der Waals surface area contributed by atoms with E-state index in [4.69, 9.17) is 15.2 Å². The Bertz CT molecular complexity index is 1430. The molecule has 1 saturated heterocycles. The molecule has 2 amide bonds. The van der Waals surface area contributed by atoms with Crippen molar-refractivity contribution in [1.29, 1.82) is 0 Å². The number of rotatable bonds is 12. The predicted molar refractivity (Wildman–Crippen MR) is 156 cm³/mol. The number of piperidine rings is 1. The number of anilines is 2. The summed E-state index contributed by atoms with van der Waals surface area (Å²) in [4.78, 5) is 27.2. The van der Waals surface area contributed by atoms with Gasteiger partial charge in [0.05, 0.1) is 26.3 Å². The van der Waals surface area contributed by atoms with Crippen LogP contribution in [0.1, 0.15) is 23.3 Å². The summed E-state index contributed by atoms with van der Waals surface area (Å²) in [6.07, 6.45) is 1.71. The van der Waals surface area contributed by atoms with Crippen molar-refractivity contribution in [3.63, 3.8) is 0 Å². The monoisotopic (exact) mass is 586 g/mol. The SMILES string of the molecule is COc1ccc(CCNS(=O)(=O)c2cc(NC(=O)Cc3cccs3)ccc2N2CCC(C(N)=O)CC2)cc1OC. The molecule has 1 aliphatic rings. The number of methoxy groups -OCH3 is 2. The van der Waals surface area contributed by atoms with Crippen LogP contribution in [0.5, 0.6) is 11.5 Å². The number of thiophene rings is 1. The largest absolute Gasteiger partial charge is 0.493 e. The average molecular weight is 587 g/mol. The second-order valence-electron chi connectivity index (χ2n) is 9.49. The molecule has 1 aliphatic heterocycles. The summed E-state index contributed by atoms with van der Waals surface area (Å²) in [7, 11) is -0.866. The first-order chi connectivity index (χ1) is 19.2. The molecule has 214 valence electrons. The summed E-state index contributed by atoms with van der Waals surface area (Å²) < 4.78 is 40.5. The zero-order valence-corrected chi connectivity index (χ0v) is 24.1. The van der Waals surface area contributed by atoms with Gasteiger partial charge in [-0.3, -0.25) is 9.59 Å². The Morgan fingerprint density at radius 3 is 2.45 bits per heavy atom. The Balaban J connectivity index is 1.53. The summed E-state index contributed by atoms with van der Waals surface area (Å²) >= 11 is 1.48. The summed E-state index contributed by atoms with van der Waals surface area (Å²) in [5.41, 5.74) is 7.26. The van der Waals surface area contributed by atoms with Gasteiger partial charge in [-0.2, -0.15) is 0 Å². The Hall–Kier alpha value is -3.61. The third-order valence-electron chi connectivity index (χ3n) is 6.84. The van der Waals surface area contributed by atoms with E-state index in [1.54, 1.807) is 32.4 Å². The van der Waals surface area contributed by atoms with Gasteiger partial charge in [-0.1, -0.05) is 12.1 Å². The highest BCUT2D eigenvalue weighted by atomic mass is 32.2. The molecule has 4 N–H and O–H groups in total. The van der Waals surface area contributed by atoms with Crippen LogP contribution in [0.4, 0.5) is 11.4 Å². The summed E-state index contributed by atoms with van der Waals surface area (Å²) in [5, 5.41) is 4.72. The van der Waals surface area contributed by atoms with Crippen molar-refractivity contribution in [3.8, 4) is 11.5 Å². The van der Waals surface area contributed by atoms with Crippen molar-refractivity contribution in [2.45, 2.75) is 30.6 Å². The molecule has 0 saturated carbocycles. The third kappa shape index (κ3) is 7.32. The highest BCUT2D eigenvalue weighted by Gasteiger charge is 2.28. The quantitative estimate of drug-likeness (QED) is 0.296. The Morgan fingerprint density at radius 2 is 1.80 bits per heavy atom. The first kappa shape index (κ1) is 29.4. The van der Waals surface area contributed by atoms with Gasteiger partial charge in [-0.15, -0.1) is 11.3 Å². The highest BCUT2D eigenvalue weighted by molar-refractivity contribution is 7.89. The standard InChI is InChI=1S/C28H34N4O6S2/c1-37-24-8-5-19(16-25(24)38-2)9-12-30-40(35,36)26-17-21(31-27(33)18-22-4-3-15-39-22)6-7-23(26)32-13-10-20(11-14-32)28(29)34/h3-8,15-17,20,30H,9-14,18H2,1-2H3,(H2,29,34)(H,31,33). The number of primary amides is 1. The lowest BCUT2D eigenvalue weighted by atomic mass is 9.96. The molecule has 2 heterocycles. The number of hydrogen-bond donors (Lipinski definition) is 3. The third-order valence-corrected chi connectivity index (χ3v) is 9.21. The fourth-order valence-corrected chi connectivity index (χ4v) is 6.68. The Labute approximate surface area is 238 Å². The molecule has 0 unspecified atom stereocenters. The molecular formula is C28H34N4O6S2. The molecule has 0 spiro atoms. The van der Waals surface area contributed by atoms with E-state index in [1.165, 1.54) is 17.4 Å². The van der Waals surface area contributed by atoms with Crippen molar-refractivity contribution >= 4 is 44.5 Å². The minimum Gasteiger partial charge on any atom is -0.493 e. The van der Waals surface area contributed by atoms with Crippen LogP contribution in [0.25, 0.3) is 0 Å². The van der Waals surface area contributed by atoms with Gasteiger partial charge < -0.3 is 25.4 Å². The lowest BCUT2D eigenvalue weighted by molar-refractivity contribution is -0.122. The highest BCUT2D eigenvalue weighted by Crippen LogP contribution is 2.32. The van der Waals surface area contributed by atoms with Crippen LogP contribution in [-0.4, -0.2) is 54.1 Å². The topological polar surface area (TPSA) is 140 Å². The molecule has 2 aromatic carbocycles. The van der Waals surface area contributed by atoms with Crippen LogP contribution in [0, 0.1) is 5.92 Å². The number of benzene rings is 2. The smallest absolute Gasteiger partial charge is 0.242 e. The first-order valence-electron chi connectivity index (χ1n) is 12.9. The molecular weight excluding hydrogens is 552 g/mol. The van der Waals surface area contributed by atoms with E-state index in [9.17, 15) is 18.0 Å². The minimum absolute atomic E-state index is 0.0614. The van der Waals surface area contributed by atoms with Crippen LogP contribution in [-0.2, 0) is 32.5 Å². The number of amides is 2. The molecule has 0 bridgehead atoms. The van der Waals surface area contributed by atoms with Gasteiger partial charge in [-0.25, -0.2) is 13.1 Å². The van der Waals surface area contributed by atoms with Crippen molar-refractivity contribution in [1.82, 2.24) is 4.72 Å². The molecule has 40 heavy (non-hydrogen) atoms. The van der Waals surface area contributed by atoms with Crippen LogP contribution >= 0.6 is 11.3 Å². The van der Waals surface area contributed by atoms with Crippen molar-refractivity contribution < 1.29 is 27.5 Å². The molecule has 4 rings (SSSR count). The van der Waals surface area contributed by atoms with E-state index in [0.29, 0.717) is 55.2 Å². The number of nitrogens with one attached hydrogen (secondary N) is 2. The summed E-state index contributed by atoms with van der Waals surface area (Å²) in [5.74, 6) is 0.354. The summed E-state index contributed by atoms with van der Waals surface area (Å²) in [6.45, 7) is 1.13. The Morgan fingerprint density at radius 1 is 1.05 bits per heavy atom. The average Bonchev–Trinajstić information content (AvgIpc) is 3.45. The van der Waals surface area contributed by atoms with Crippen LogP contribution < -0.4 is 30.1 Å². The maximum absolute atomic E-state index is 13.6. The number of nitrogens with two attached hydrogens (primary N) is 1. The molecule has 0 aliphatic carbocycles. The van der Waals surface area contributed by atoms with Crippen LogP contribution in [0.2, 0.25) is 0 Å². The van der Waals surface area contributed by atoms with Crippen LogP contribution in [0.15, 0.2) is 58.8 Å². The molecule has 1 fully saturated rings. The van der Waals surface area contributed by atoms with E-state index in [1.807, 2.05) is 34.5 Å². The van der Waals surface area contributed by atoms with Gasteiger partial charge in [0.25, 0.3) is 0 Å². The molecule has 3 aromatic rings. The van der Waals surface area contributed by atoms with Crippen molar-refractivity contribution in [2.24, 2.45) is 11.7 Å². The lowest BCUT2D eigenvalue weighted by Gasteiger charge is -2.33. The number of nitrogens with zero attached hydrogens (tertiary/aromatic N) is 1. The normalized spacial score (nSPS) is 14.1. The number of carbonyl (C=O) groups excluding carboxylic acids is 2. The van der Waals surface area contributed by atoms with E-state index < -0.39 is 10.0 Å². The van der Waals surface area contributed by atoms with E-state index in [-0.39, 0.29) is 35.6 Å². The fourth-order valence-electron chi connectivity index (χ4n) is 4.69. The lowest BCUT2D eigenvalue weighted by Crippen LogP contribution is -2.39. The maximum atomic E-state index is 13.6. The molecule has 1 aromatic heterocycles. The summed E-state index contributed by atoms with van der Waals surface area (Å²) in [6, 6.07) is 14.1. The molecule has 10 nitrogen and oxygen atoms in total. The van der Waals surface area contributed by atoms with Gasteiger partial charge in [-0.05, 0) is 66.6 Å². The zero-order valence-electron chi connectivity index (χ0n) is 22.5. The minimum atomic E-state index is -3.97. The van der Waals surface area contributed by atoms with Gasteiger partial charge in [0.2, 0.25) is 21.8 Å². The number of carbonyl (C=O) groups is 2. The van der Waals surface area contributed by atoms with Crippen LogP contribution in [0.3, 0.4) is 0 Å².